The van der Waals surface area contributed by atoms with E-state index < -0.39 is 17.4 Å². The van der Waals surface area contributed by atoms with Gasteiger partial charge in [-0.25, -0.2) is 14.2 Å². The average molecular weight is 307 g/mol. The third-order valence-corrected chi connectivity index (χ3v) is 2.80. The van der Waals surface area contributed by atoms with Crippen molar-refractivity contribution in [2.75, 3.05) is 0 Å². The molecule has 2 rings (SSSR count). The highest BCUT2D eigenvalue weighted by molar-refractivity contribution is 7.78. The average Bonchev–Trinajstić information content (AvgIpc) is 2.79. The van der Waals surface area contributed by atoms with Crippen molar-refractivity contribution >= 4 is 40.1 Å². The predicted molar refractivity (Wildman–Crippen MR) is 80.6 cm³/mol. The van der Waals surface area contributed by atoms with Gasteiger partial charge in [0, 0.05) is 11.6 Å². The summed E-state index contributed by atoms with van der Waals surface area (Å²) in [5.41, 5.74) is 0.771. The van der Waals surface area contributed by atoms with Crippen LogP contribution >= 0.6 is 12.2 Å². The van der Waals surface area contributed by atoms with Crippen molar-refractivity contribution in [1.29, 1.82) is 0 Å². The fraction of sp³-hybridized carbons (Fsp3) is 0.357. The summed E-state index contributed by atoms with van der Waals surface area (Å²) in [6.45, 7) is 6.95. The molecule has 1 heterocycles. The molecule has 0 saturated carbocycles. The van der Waals surface area contributed by atoms with Crippen molar-refractivity contribution in [1.82, 2.24) is 9.97 Å². The Kier molecular flexibility index (Phi) is 3.89. The standard InChI is InChI=1S/C14H14FN3O2S/c1-7-9(16-6-21)5-8(15)11-10(7)17-12(18-11)13(19)20-14(2,3)4/h5H,1-4H3,(H,17,18). The number of aromatic amines is 1. The molecule has 0 radical (unpaired) electrons. The van der Waals surface area contributed by atoms with Crippen LogP contribution in [0.2, 0.25) is 0 Å². The van der Waals surface area contributed by atoms with E-state index in [4.69, 9.17) is 4.74 Å². The van der Waals surface area contributed by atoms with Crippen molar-refractivity contribution in [3.05, 3.63) is 23.3 Å². The Morgan fingerprint density at radius 3 is 2.76 bits per heavy atom. The van der Waals surface area contributed by atoms with E-state index in [1.165, 1.54) is 6.07 Å². The number of halogens is 1. The fourth-order valence-electron chi connectivity index (χ4n) is 1.83. The molecule has 0 aliphatic heterocycles. The fourth-order valence-corrected chi connectivity index (χ4v) is 1.93. The number of benzene rings is 1. The van der Waals surface area contributed by atoms with Gasteiger partial charge in [-0.15, -0.1) is 0 Å². The molecule has 0 saturated heterocycles. The van der Waals surface area contributed by atoms with Gasteiger partial charge in [-0.2, -0.15) is 4.99 Å². The molecule has 0 aliphatic rings. The molecule has 7 heteroatoms. The number of thiocarbonyl (C=S) groups is 1. The van der Waals surface area contributed by atoms with E-state index in [9.17, 15) is 9.18 Å². The number of aliphatic imine (C=N–C) groups is 1. The zero-order chi connectivity index (χ0) is 15.8. The number of esters is 1. The van der Waals surface area contributed by atoms with Crippen LogP contribution in [0.3, 0.4) is 0 Å². The van der Waals surface area contributed by atoms with Crippen LogP contribution in [0.4, 0.5) is 10.1 Å². The summed E-state index contributed by atoms with van der Waals surface area (Å²) in [6, 6.07) is 1.21. The van der Waals surface area contributed by atoms with Gasteiger partial charge in [-0.05, 0) is 39.9 Å². The number of imidazole rings is 1. The quantitative estimate of drug-likeness (QED) is 0.522. The summed E-state index contributed by atoms with van der Waals surface area (Å²) in [5, 5.41) is 2.19. The maximum atomic E-state index is 14.0. The molecular weight excluding hydrogens is 293 g/mol. The number of nitrogens with zero attached hydrogens (tertiary/aromatic N) is 2. The molecule has 0 aliphatic carbocycles. The second-order valence-electron chi connectivity index (χ2n) is 5.52. The SMILES string of the molecule is Cc1c(N=C=S)cc(F)c2nc(C(=O)OC(C)(C)C)[nH]c12. The number of aromatic nitrogens is 2. The molecule has 1 N–H and O–H groups in total. The van der Waals surface area contributed by atoms with Crippen LogP contribution in [0, 0.1) is 12.7 Å². The Morgan fingerprint density at radius 1 is 1.52 bits per heavy atom. The van der Waals surface area contributed by atoms with Gasteiger partial charge < -0.3 is 9.72 Å². The zero-order valence-corrected chi connectivity index (χ0v) is 12.9. The number of carbonyl (C=O) groups excluding carboxylic acids is 1. The first-order valence-electron chi connectivity index (χ1n) is 6.23. The van der Waals surface area contributed by atoms with Gasteiger partial charge in [0.15, 0.2) is 5.82 Å². The van der Waals surface area contributed by atoms with Crippen LogP contribution in [-0.2, 0) is 4.74 Å². The summed E-state index contributed by atoms with van der Waals surface area (Å²) in [6.07, 6.45) is 0. The van der Waals surface area contributed by atoms with Gasteiger partial charge in [-0.3, -0.25) is 0 Å². The molecule has 110 valence electrons. The van der Waals surface area contributed by atoms with E-state index in [0.717, 1.165) is 0 Å². The maximum absolute atomic E-state index is 14.0. The number of nitrogens with one attached hydrogen (secondary N) is 1. The number of fused-ring (bicyclic) bond motifs is 1. The summed E-state index contributed by atoms with van der Waals surface area (Å²) < 4.78 is 19.2. The van der Waals surface area contributed by atoms with Crippen LogP contribution in [0.25, 0.3) is 11.0 Å². The van der Waals surface area contributed by atoms with Gasteiger partial charge in [0.05, 0.1) is 16.4 Å². The minimum atomic E-state index is -0.656. The Bertz CT molecular complexity index is 771. The monoisotopic (exact) mass is 307 g/mol. The van der Waals surface area contributed by atoms with E-state index >= 15 is 0 Å². The number of rotatable bonds is 2. The topological polar surface area (TPSA) is 67.3 Å². The van der Waals surface area contributed by atoms with Crippen molar-refractivity contribution in [3.63, 3.8) is 0 Å². The first-order valence-corrected chi connectivity index (χ1v) is 6.64. The number of aryl methyl sites for hydroxylation is 1. The molecule has 2 aromatic rings. The molecule has 0 fully saturated rings. The molecule has 0 bridgehead atoms. The molecule has 21 heavy (non-hydrogen) atoms. The van der Waals surface area contributed by atoms with Gasteiger partial charge in [0.1, 0.15) is 11.1 Å². The Morgan fingerprint density at radius 2 is 2.19 bits per heavy atom. The summed E-state index contributed by atoms with van der Waals surface area (Å²) in [5.74, 6) is -1.28. The van der Waals surface area contributed by atoms with E-state index in [2.05, 4.69) is 32.3 Å². The largest absolute Gasteiger partial charge is 0.454 e. The predicted octanol–water partition coefficient (Wildman–Crippen LogP) is 3.70. The van der Waals surface area contributed by atoms with Crippen molar-refractivity contribution in [2.24, 2.45) is 4.99 Å². The van der Waals surface area contributed by atoms with E-state index in [1.54, 1.807) is 27.7 Å². The maximum Gasteiger partial charge on any atom is 0.374 e. The first kappa shape index (κ1) is 15.3. The van der Waals surface area contributed by atoms with Crippen molar-refractivity contribution < 1.29 is 13.9 Å². The third-order valence-electron chi connectivity index (χ3n) is 2.71. The highest BCUT2D eigenvalue weighted by Crippen LogP contribution is 2.28. The molecule has 0 spiro atoms. The molecule has 1 aromatic carbocycles. The number of isothiocyanates is 1. The smallest absolute Gasteiger partial charge is 0.374 e. The van der Waals surface area contributed by atoms with Crippen molar-refractivity contribution in [2.45, 2.75) is 33.3 Å². The molecule has 0 unspecified atom stereocenters. The molecule has 0 amide bonds. The Balaban J connectivity index is 2.56. The highest BCUT2D eigenvalue weighted by atomic mass is 32.1. The molecule has 5 nitrogen and oxygen atoms in total. The Labute approximate surface area is 126 Å². The number of hydrogen-bond donors (Lipinski definition) is 1. The van der Waals surface area contributed by atoms with Crippen LogP contribution in [-0.4, -0.2) is 26.7 Å². The first-order chi connectivity index (χ1) is 9.73. The number of H-pyrrole nitrogens is 1. The summed E-state index contributed by atoms with van der Waals surface area (Å²) >= 11 is 4.53. The minimum Gasteiger partial charge on any atom is -0.454 e. The van der Waals surface area contributed by atoms with Crippen LogP contribution in [0.1, 0.15) is 37.0 Å². The van der Waals surface area contributed by atoms with Crippen molar-refractivity contribution in [3.8, 4) is 0 Å². The molecular formula is C14H14FN3O2S. The van der Waals surface area contributed by atoms with Crippen LogP contribution < -0.4 is 0 Å². The lowest BCUT2D eigenvalue weighted by Gasteiger charge is -2.18. The van der Waals surface area contributed by atoms with Gasteiger partial charge in [-0.1, -0.05) is 0 Å². The van der Waals surface area contributed by atoms with Gasteiger partial charge in [0.25, 0.3) is 0 Å². The van der Waals surface area contributed by atoms with Gasteiger partial charge in [0.2, 0.25) is 5.82 Å². The second kappa shape index (κ2) is 5.35. The molecule has 0 atom stereocenters. The zero-order valence-electron chi connectivity index (χ0n) is 12.1. The second-order valence-corrected chi connectivity index (χ2v) is 5.70. The summed E-state index contributed by atoms with van der Waals surface area (Å²) in [7, 11) is 0. The third kappa shape index (κ3) is 3.15. The van der Waals surface area contributed by atoms with Gasteiger partial charge >= 0.3 is 5.97 Å². The van der Waals surface area contributed by atoms with E-state index in [1.807, 2.05) is 0 Å². The van der Waals surface area contributed by atoms with E-state index in [0.29, 0.717) is 16.8 Å². The number of ether oxygens (including phenoxy) is 1. The van der Waals surface area contributed by atoms with E-state index in [-0.39, 0.29) is 11.3 Å². The van der Waals surface area contributed by atoms with Crippen LogP contribution in [0.15, 0.2) is 11.1 Å². The van der Waals surface area contributed by atoms with Crippen LogP contribution in [0.5, 0.6) is 0 Å². The lowest BCUT2D eigenvalue weighted by atomic mass is 10.1. The number of hydrogen-bond acceptors (Lipinski definition) is 5. The normalized spacial score (nSPS) is 11.3. The minimum absolute atomic E-state index is 0.0505. The Hall–Kier alpha value is -2.11. The molecule has 1 aromatic heterocycles. The summed E-state index contributed by atoms with van der Waals surface area (Å²) in [4.78, 5) is 22.5. The lowest BCUT2D eigenvalue weighted by molar-refractivity contribution is 0.00572. The highest BCUT2D eigenvalue weighted by Gasteiger charge is 2.22. The number of carbonyl (C=O) groups is 1. The lowest BCUT2D eigenvalue weighted by Crippen LogP contribution is -2.24.